The molecule has 0 saturated heterocycles. The van der Waals surface area contributed by atoms with Crippen molar-refractivity contribution in [2.45, 2.75) is 18.9 Å². The normalized spacial score (nSPS) is 13.0. The summed E-state index contributed by atoms with van der Waals surface area (Å²) in [4.78, 5) is 24.5. The van der Waals surface area contributed by atoms with Gasteiger partial charge in [-0.1, -0.05) is 12.1 Å². The number of anilines is 1. The lowest BCUT2D eigenvalue weighted by Crippen LogP contribution is -2.40. The number of rotatable bonds is 7. The Morgan fingerprint density at radius 1 is 0.800 bits per heavy atom. The molecule has 2 aliphatic rings. The summed E-state index contributed by atoms with van der Waals surface area (Å²) in [6.07, 6.45) is 1.14. The minimum Gasteiger partial charge on any atom is -0.465 e. The van der Waals surface area contributed by atoms with E-state index in [1.54, 1.807) is 24.3 Å². The Labute approximate surface area is 201 Å². The van der Waals surface area contributed by atoms with Gasteiger partial charge in [-0.15, -0.1) is 0 Å². The monoisotopic (exact) mass is 476 g/mol. The number of amides is 2. The van der Waals surface area contributed by atoms with E-state index in [4.69, 9.17) is 23.7 Å². The molecule has 2 amide bonds. The zero-order valence-corrected chi connectivity index (χ0v) is 19.0. The quantitative estimate of drug-likeness (QED) is 0.498. The summed E-state index contributed by atoms with van der Waals surface area (Å²) < 4.78 is 26.5. The number of hydrogen-bond donors (Lipinski definition) is 2. The highest BCUT2D eigenvalue weighted by atomic mass is 16.7. The minimum atomic E-state index is -0.437. The highest BCUT2D eigenvalue weighted by Crippen LogP contribution is 2.34. The Kier molecular flexibility index (Phi) is 6.30. The van der Waals surface area contributed by atoms with E-state index in [0.717, 1.165) is 11.1 Å². The molecular weight excluding hydrogens is 452 g/mol. The van der Waals surface area contributed by atoms with Crippen LogP contribution in [-0.2, 0) is 17.6 Å². The van der Waals surface area contributed by atoms with E-state index in [9.17, 15) is 9.59 Å². The van der Waals surface area contributed by atoms with Crippen molar-refractivity contribution < 1.29 is 33.3 Å². The Morgan fingerprint density at radius 3 is 1.89 bits per heavy atom. The van der Waals surface area contributed by atoms with E-state index in [2.05, 4.69) is 10.6 Å². The molecule has 9 nitrogen and oxygen atoms in total. The van der Waals surface area contributed by atoms with E-state index in [0.29, 0.717) is 47.1 Å². The number of fused-ring (bicyclic) bond motifs is 2. The van der Waals surface area contributed by atoms with Crippen LogP contribution in [-0.4, -0.2) is 38.7 Å². The topological polar surface area (TPSA) is 104 Å². The first-order valence-corrected chi connectivity index (χ1v) is 11.1. The molecule has 2 aliphatic heterocycles. The van der Waals surface area contributed by atoms with Crippen LogP contribution in [0.1, 0.15) is 21.5 Å². The van der Waals surface area contributed by atoms with Crippen LogP contribution in [0.2, 0.25) is 0 Å². The van der Waals surface area contributed by atoms with Gasteiger partial charge in [0.15, 0.2) is 23.0 Å². The van der Waals surface area contributed by atoms with Gasteiger partial charge in [0.25, 0.3) is 0 Å². The van der Waals surface area contributed by atoms with Crippen molar-refractivity contribution in [3.8, 4) is 23.0 Å². The molecule has 2 heterocycles. The first kappa shape index (κ1) is 22.4. The van der Waals surface area contributed by atoms with E-state index < -0.39 is 5.97 Å². The standard InChI is InChI=1S/C26H24N2O7/c1-31-25(29)18-4-6-19(7-5-18)27-26(30)28-20(10-16-2-8-21-23(12-16)34-14-32-21)11-17-3-9-22-24(13-17)35-15-33-22/h2-9,12-13,20H,10-11,14-15H2,1H3,(H2,27,28,30). The summed E-state index contributed by atoms with van der Waals surface area (Å²) in [6, 6.07) is 17.4. The van der Waals surface area contributed by atoms with Crippen molar-refractivity contribution in [2.75, 3.05) is 26.0 Å². The summed E-state index contributed by atoms with van der Waals surface area (Å²) in [5.41, 5.74) is 2.97. The van der Waals surface area contributed by atoms with Crippen LogP contribution >= 0.6 is 0 Å². The SMILES string of the molecule is COC(=O)c1ccc(NC(=O)NC(Cc2ccc3c(c2)OCO3)Cc2ccc3c(c2)OCO3)cc1. The van der Waals surface area contributed by atoms with Gasteiger partial charge in [0.05, 0.1) is 12.7 Å². The Bertz CT molecular complexity index is 1180. The highest BCUT2D eigenvalue weighted by molar-refractivity contribution is 5.92. The molecule has 0 aromatic heterocycles. The fourth-order valence-corrected chi connectivity index (χ4v) is 4.04. The summed E-state index contributed by atoms with van der Waals surface area (Å²) in [6.45, 7) is 0.406. The average Bonchev–Trinajstić information content (AvgIpc) is 3.52. The maximum atomic E-state index is 12.8. The van der Waals surface area contributed by atoms with Crippen LogP contribution in [0.4, 0.5) is 10.5 Å². The van der Waals surface area contributed by atoms with Crippen LogP contribution in [0.15, 0.2) is 60.7 Å². The molecule has 0 bridgehead atoms. The number of nitrogens with one attached hydrogen (secondary N) is 2. The number of ether oxygens (including phenoxy) is 5. The second-order valence-corrected chi connectivity index (χ2v) is 8.15. The van der Waals surface area contributed by atoms with Gasteiger partial charge in [0, 0.05) is 11.7 Å². The third-order valence-electron chi connectivity index (χ3n) is 5.74. The fourth-order valence-electron chi connectivity index (χ4n) is 4.04. The van der Waals surface area contributed by atoms with Crippen molar-refractivity contribution in [3.63, 3.8) is 0 Å². The maximum Gasteiger partial charge on any atom is 0.337 e. The largest absolute Gasteiger partial charge is 0.465 e. The molecule has 180 valence electrons. The maximum absolute atomic E-state index is 12.8. The molecule has 0 radical (unpaired) electrons. The number of hydrogen-bond acceptors (Lipinski definition) is 7. The molecule has 0 aliphatic carbocycles. The number of methoxy groups -OCH3 is 1. The summed E-state index contributed by atoms with van der Waals surface area (Å²) >= 11 is 0. The lowest BCUT2D eigenvalue weighted by molar-refractivity contribution is 0.0600. The van der Waals surface area contributed by atoms with E-state index in [1.807, 2.05) is 36.4 Å². The molecule has 5 rings (SSSR count). The van der Waals surface area contributed by atoms with Gasteiger partial charge < -0.3 is 34.3 Å². The van der Waals surface area contributed by atoms with E-state index in [-0.39, 0.29) is 25.7 Å². The van der Waals surface area contributed by atoms with Crippen molar-refractivity contribution in [1.29, 1.82) is 0 Å². The van der Waals surface area contributed by atoms with Gasteiger partial charge >= 0.3 is 12.0 Å². The average molecular weight is 476 g/mol. The predicted molar refractivity (Wildman–Crippen MR) is 126 cm³/mol. The number of carbonyl (C=O) groups excluding carboxylic acids is 2. The van der Waals surface area contributed by atoms with Crippen molar-refractivity contribution >= 4 is 17.7 Å². The molecule has 0 fully saturated rings. The third kappa shape index (κ3) is 5.24. The minimum absolute atomic E-state index is 0.203. The second-order valence-electron chi connectivity index (χ2n) is 8.15. The summed E-state index contributed by atoms with van der Waals surface area (Å²) in [5, 5.41) is 5.88. The van der Waals surface area contributed by atoms with Gasteiger partial charge in [-0.2, -0.15) is 0 Å². The van der Waals surface area contributed by atoms with Crippen LogP contribution < -0.4 is 29.6 Å². The van der Waals surface area contributed by atoms with Gasteiger partial charge in [-0.05, 0) is 72.5 Å². The fraction of sp³-hybridized carbons (Fsp3) is 0.231. The molecule has 2 N–H and O–H groups in total. The van der Waals surface area contributed by atoms with Gasteiger partial charge in [0.1, 0.15) is 0 Å². The number of benzene rings is 3. The molecule has 0 saturated carbocycles. The van der Waals surface area contributed by atoms with Crippen LogP contribution in [0.25, 0.3) is 0 Å². The zero-order valence-electron chi connectivity index (χ0n) is 19.0. The lowest BCUT2D eigenvalue weighted by Gasteiger charge is -2.20. The van der Waals surface area contributed by atoms with Crippen LogP contribution in [0, 0.1) is 0 Å². The second kappa shape index (κ2) is 9.84. The Hall–Kier alpha value is -4.40. The molecule has 0 atom stereocenters. The predicted octanol–water partition coefficient (Wildman–Crippen LogP) is 3.91. The molecule has 35 heavy (non-hydrogen) atoms. The molecular formula is C26H24N2O7. The van der Waals surface area contributed by atoms with Crippen molar-refractivity contribution in [1.82, 2.24) is 5.32 Å². The van der Waals surface area contributed by atoms with Crippen molar-refractivity contribution in [2.24, 2.45) is 0 Å². The smallest absolute Gasteiger partial charge is 0.337 e. The van der Waals surface area contributed by atoms with Gasteiger partial charge in [-0.3, -0.25) is 0 Å². The van der Waals surface area contributed by atoms with Crippen LogP contribution in [0.3, 0.4) is 0 Å². The first-order valence-electron chi connectivity index (χ1n) is 11.1. The summed E-state index contributed by atoms with van der Waals surface area (Å²) in [5.74, 6) is 2.37. The zero-order chi connectivity index (χ0) is 24.2. The van der Waals surface area contributed by atoms with Crippen LogP contribution in [0.5, 0.6) is 23.0 Å². The molecule has 3 aromatic rings. The number of urea groups is 1. The highest BCUT2D eigenvalue weighted by Gasteiger charge is 2.20. The van der Waals surface area contributed by atoms with Gasteiger partial charge in [-0.25, -0.2) is 9.59 Å². The van der Waals surface area contributed by atoms with E-state index in [1.165, 1.54) is 7.11 Å². The lowest BCUT2D eigenvalue weighted by atomic mass is 9.98. The van der Waals surface area contributed by atoms with Gasteiger partial charge in [0.2, 0.25) is 13.6 Å². The molecule has 3 aromatic carbocycles. The number of esters is 1. The Balaban J connectivity index is 1.30. The van der Waals surface area contributed by atoms with Crippen molar-refractivity contribution in [3.05, 3.63) is 77.4 Å². The van der Waals surface area contributed by atoms with E-state index >= 15 is 0 Å². The first-order chi connectivity index (χ1) is 17.1. The third-order valence-corrected chi connectivity index (χ3v) is 5.74. The number of carbonyl (C=O) groups is 2. The molecule has 0 unspecified atom stereocenters. The Morgan fingerprint density at radius 2 is 1.34 bits per heavy atom. The molecule has 9 heteroatoms. The summed E-state index contributed by atoms with van der Waals surface area (Å²) in [7, 11) is 1.32. The molecule has 0 spiro atoms.